The minimum atomic E-state index is -0.583. The average Bonchev–Trinajstić information content (AvgIpc) is 2.81. The van der Waals surface area contributed by atoms with Crippen LogP contribution in [0.15, 0.2) is 58.7 Å². The van der Waals surface area contributed by atoms with Crippen LogP contribution in [-0.4, -0.2) is 37.3 Å². The number of carbonyl (C=O) groups is 3. The van der Waals surface area contributed by atoms with Crippen LogP contribution in [0.2, 0.25) is 0 Å². The molecule has 0 N–H and O–H groups in total. The van der Waals surface area contributed by atoms with Gasteiger partial charge in [-0.05, 0) is 30.5 Å². The maximum Gasteiger partial charge on any atom is 0.212 e. The smallest absolute Gasteiger partial charge is 0.212 e. The summed E-state index contributed by atoms with van der Waals surface area (Å²) in [5, 5.41) is 0. The van der Waals surface area contributed by atoms with Gasteiger partial charge in [-0.3, -0.25) is 19.4 Å². The van der Waals surface area contributed by atoms with Crippen molar-refractivity contribution in [1.29, 1.82) is 0 Å². The highest BCUT2D eigenvalue weighted by Gasteiger charge is 2.47. The zero-order valence-electron chi connectivity index (χ0n) is 17.3. The number of hydrogen-bond acceptors (Lipinski definition) is 6. The lowest BCUT2D eigenvalue weighted by Crippen LogP contribution is -2.41. The van der Waals surface area contributed by atoms with E-state index in [1.54, 1.807) is 43.5 Å². The molecule has 5 rings (SSSR count). The van der Waals surface area contributed by atoms with Crippen molar-refractivity contribution in [3.63, 3.8) is 0 Å². The highest BCUT2D eigenvalue weighted by atomic mass is 16.5. The van der Waals surface area contributed by atoms with E-state index >= 15 is 0 Å². The molecule has 0 bridgehead atoms. The molecular formula is C25H21NO5. The van der Waals surface area contributed by atoms with Crippen molar-refractivity contribution in [2.75, 3.05) is 14.2 Å². The minimum absolute atomic E-state index is 0.0513. The highest BCUT2D eigenvalue weighted by Crippen LogP contribution is 2.47. The summed E-state index contributed by atoms with van der Waals surface area (Å²) in [6.07, 6.45) is 1.78. The fourth-order valence-corrected chi connectivity index (χ4v) is 4.94. The van der Waals surface area contributed by atoms with Crippen LogP contribution in [0.5, 0.6) is 11.5 Å². The second-order valence-electron chi connectivity index (χ2n) is 7.96. The Bertz CT molecular complexity index is 1210. The second kappa shape index (κ2) is 7.30. The van der Waals surface area contributed by atoms with Crippen molar-refractivity contribution in [3.8, 4) is 11.5 Å². The molecule has 0 aromatic heterocycles. The van der Waals surface area contributed by atoms with Crippen molar-refractivity contribution in [2.45, 2.75) is 25.2 Å². The Labute approximate surface area is 179 Å². The molecule has 2 atom stereocenters. The number of benzene rings is 2. The summed E-state index contributed by atoms with van der Waals surface area (Å²) in [5.41, 5.74) is 2.62. The Morgan fingerprint density at radius 3 is 2.26 bits per heavy atom. The maximum absolute atomic E-state index is 13.6. The third kappa shape index (κ3) is 2.86. The van der Waals surface area contributed by atoms with Crippen LogP contribution in [0.4, 0.5) is 0 Å². The Balaban J connectivity index is 1.76. The van der Waals surface area contributed by atoms with E-state index in [0.29, 0.717) is 53.2 Å². The van der Waals surface area contributed by atoms with Gasteiger partial charge in [-0.15, -0.1) is 0 Å². The van der Waals surface area contributed by atoms with Crippen molar-refractivity contribution in [3.05, 3.63) is 70.4 Å². The molecule has 0 spiro atoms. The van der Waals surface area contributed by atoms with Crippen LogP contribution in [0.1, 0.15) is 51.5 Å². The molecule has 2 aromatic rings. The molecule has 6 heteroatoms. The Morgan fingerprint density at radius 1 is 0.839 bits per heavy atom. The lowest BCUT2D eigenvalue weighted by atomic mass is 9.66. The topological polar surface area (TPSA) is 82.0 Å². The van der Waals surface area contributed by atoms with Crippen molar-refractivity contribution >= 4 is 23.1 Å². The second-order valence-corrected chi connectivity index (χ2v) is 7.96. The van der Waals surface area contributed by atoms with Gasteiger partial charge in [0.15, 0.2) is 17.3 Å². The number of carbonyl (C=O) groups excluding carboxylic acids is 3. The van der Waals surface area contributed by atoms with Gasteiger partial charge in [0.25, 0.3) is 0 Å². The van der Waals surface area contributed by atoms with E-state index in [1.165, 1.54) is 7.11 Å². The highest BCUT2D eigenvalue weighted by molar-refractivity contribution is 6.29. The molecule has 31 heavy (non-hydrogen) atoms. The summed E-state index contributed by atoms with van der Waals surface area (Å²) in [4.78, 5) is 44.5. The van der Waals surface area contributed by atoms with Gasteiger partial charge in [-0.2, -0.15) is 0 Å². The lowest BCUT2D eigenvalue weighted by molar-refractivity contribution is -0.121. The van der Waals surface area contributed by atoms with Gasteiger partial charge in [-0.1, -0.05) is 30.3 Å². The van der Waals surface area contributed by atoms with E-state index in [4.69, 9.17) is 9.47 Å². The van der Waals surface area contributed by atoms with Gasteiger partial charge < -0.3 is 9.47 Å². The van der Waals surface area contributed by atoms with E-state index in [-0.39, 0.29) is 23.0 Å². The summed E-state index contributed by atoms with van der Waals surface area (Å²) in [7, 11) is 3.09. The van der Waals surface area contributed by atoms with E-state index in [0.717, 1.165) is 5.56 Å². The molecule has 2 aliphatic carbocycles. The van der Waals surface area contributed by atoms with Gasteiger partial charge in [-0.25, -0.2) is 0 Å². The molecule has 6 nitrogen and oxygen atoms in total. The SMILES string of the molecule is COc1ccc(C2C3=C(N=C4CCCC(=O)C42)C(=O)c2ccccc2C3=O)cc1OC. The fraction of sp³-hybridized carbons (Fsp3) is 0.280. The van der Waals surface area contributed by atoms with Crippen molar-refractivity contribution in [2.24, 2.45) is 10.9 Å². The number of rotatable bonds is 3. The van der Waals surface area contributed by atoms with Crippen LogP contribution < -0.4 is 9.47 Å². The quantitative estimate of drug-likeness (QED) is 0.758. The fourth-order valence-electron chi connectivity index (χ4n) is 4.94. The standard InChI is InChI=1S/C25H21NO5/c1-30-18-11-10-13(12-19(18)31-2)20-21-16(8-5-9-17(21)27)26-23-22(20)24(28)14-6-3-4-7-15(14)25(23)29/h3-4,6-7,10-12,20-21H,5,8-9H2,1-2H3. The molecule has 0 amide bonds. The Hall–Kier alpha value is -3.54. The lowest BCUT2D eigenvalue weighted by Gasteiger charge is -2.37. The number of ether oxygens (including phenoxy) is 2. The van der Waals surface area contributed by atoms with E-state index in [1.807, 2.05) is 6.07 Å². The molecule has 1 saturated carbocycles. The maximum atomic E-state index is 13.6. The first kappa shape index (κ1) is 19.4. The monoisotopic (exact) mass is 415 g/mol. The first-order chi connectivity index (χ1) is 15.0. The van der Waals surface area contributed by atoms with E-state index < -0.39 is 11.8 Å². The molecule has 2 unspecified atom stereocenters. The molecular weight excluding hydrogens is 394 g/mol. The third-order valence-electron chi connectivity index (χ3n) is 6.36. The number of aliphatic imine (C=N–C) groups is 1. The first-order valence-corrected chi connectivity index (χ1v) is 10.3. The van der Waals surface area contributed by atoms with Crippen molar-refractivity contribution in [1.82, 2.24) is 0 Å². The van der Waals surface area contributed by atoms with Crippen LogP contribution in [0.3, 0.4) is 0 Å². The normalized spacial score (nSPS) is 22.4. The summed E-state index contributed by atoms with van der Waals surface area (Å²) in [6.45, 7) is 0. The third-order valence-corrected chi connectivity index (χ3v) is 6.36. The Morgan fingerprint density at radius 2 is 1.55 bits per heavy atom. The van der Waals surface area contributed by atoms with E-state index in [2.05, 4.69) is 4.99 Å². The van der Waals surface area contributed by atoms with Crippen LogP contribution in [-0.2, 0) is 4.79 Å². The van der Waals surface area contributed by atoms with Gasteiger partial charge in [0, 0.05) is 34.8 Å². The van der Waals surface area contributed by atoms with Gasteiger partial charge in [0.2, 0.25) is 5.78 Å². The first-order valence-electron chi connectivity index (χ1n) is 10.3. The number of allylic oxidation sites excluding steroid dienone is 2. The molecule has 156 valence electrons. The zero-order valence-corrected chi connectivity index (χ0v) is 17.3. The molecule has 0 saturated heterocycles. The van der Waals surface area contributed by atoms with E-state index in [9.17, 15) is 14.4 Å². The van der Waals surface area contributed by atoms with Crippen LogP contribution in [0, 0.1) is 5.92 Å². The molecule has 0 radical (unpaired) electrons. The predicted molar refractivity (Wildman–Crippen MR) is 114 cm³/mol. The molecule has 2 aromatic carbocycles. The number of nitrogens with zero attached hydrogens (tertiary/aromatic N) is 1. The van der Waals surface area contributed by atoms with Gasteiger partial charge in [0.1, 0.15) is 11.5 Å². The van der Waals surface area contributed by atoms with Gasteiger partial charge in [0.05, 0.1) is 20.1 Å². The number of fused-ring (bicyclic) bond motifs is 2. The molecule has 1 fully saturated rings. The Kier molecular flexibility index (Phi) is 4.58. The number of methoxy groups -OCH3 is 2. The minimum Gasteiger partial charge on any atom is -0.493 e. The summed E-state index contributed by atoms with van der Waals surface area (Å²) in [5.74, 6) is -0.533. The van der Waals surface area contributed by atoms with Crippen LogP contribution in [0.25, 0.3) is 0 Å². The predicted octanol–water partition coefficient (Wildman–Crippen LogP) is 3.94. The summed E-state index contributed by atoms with van der Waals surface area (Å²) in [6, 6.07) is 12.2. The van der Waals surface area contributed by atoms with Crippen molar-refractivity contribution < 1.29 is 23.9 Å². The molecule has 1 aliphatic heterocycles. The number of ketones is 3. The molecule has 1 heterocycles. The van der Waals surface area contributed by atoms with Crippen LogP contribution >= 0.6 is 0 Å². The number of hydrogen-bond donors (Lipinski definition) is 0. The summed E-state index contributed by atoms with van der Waals surface area (Å²) < 4.78 is 10.8. The zero-order chi connectivity index (χ0) is 21.7. The summed E-state index contributed by atoms with van der Waals surface area (Å²) >= 11 is 0. The number of Topliss-reactive ketones (excluding diaryl/α,β-unsaturated/α-hetero) is 3. The molecule has 3 aliphatic rings. The largest absolute Gasteiger partial charge is 0.493 e. The van der Waals surface area contributed by atoms with Gasteiger partial charge >= 0.3 is 0 Å². The average molecular weight is 415 g/mol.